The predicted octanol–water partition coefficient (Wildman–Crippen LogP) is 3.51. The molecule has 3 aromatic rings. The van der Waals surface area contributed by atoms with Gasteiger partial charge in [-0.15, -0.1) is 0 Å². The van der Waals surface area contributed by atoms with Gasteiger partial charge in [0.2, 0.25) is 0 Å². The van der Waals surface area contributed by atoms with Gasteiger partial charge in [-0.05, 0) is 55.3 Å². The highest BCUT2D eigenvalue weighted by atomic mass is 79.9. The van der Waals surface area contributed by atoms with Gasteiger partial charge in [0.15, 0.2) is 27.8 Å². The maximum atomic E-state index is 13.9. The topological polar surface area (TPSA) is 115 Å². The first kappa shape index (κ1) is 29.1. The molecule has 0 aliphatic carbocycles. The van der Waals surface area contributed by atoms with E-state index in [2.05, 4.69) is 20.9 Å². The summed E-state index contributed by atoms with van der Waals surface area (Å²) < 4.78 is 29.3. The van der Waals surface area contributed by atoms with Crippen LogP contribution in [0.5, 0.6) is 23.0 Å². The van der Waals surface area contributed by atoms with Crippen LogP contribution in [0.4, 0.5) is 0 Å². The molecule has 1 aromatic heterocycles. The highest BCUT2D eigenvalue weighted by molar-refractivity contribution is 9.10. The molecular formula is C28H27BrN2O8S. The fourth-order valence-corrected chi connectivity index (χ4v) is 5.92. The minimum absolute atomic E-state index is 0.158. The quantitative estimate of drug-likeness (QED) is 0.274. The second-order valence-electron chi connectivity index (χ2n) is 8.53. The third-order valence-corrected chi connectivity index (χ3v) is 7.72. The number of hydrogen-bond acceptors (Lipinski definition) is 10. The number of rotatable bonds is 8. The van der Waals surface area contributed by atoms with E-state index in [1.165, 1.54) is 44.2 Å². The number of carbonyl (C=O) groups is 2. The van der Waals surface area contributed by atoms with E-state index < -0.39 is 18.0 Å². The summed E-state index contributed by atoms with van der Waals surface area (Å²) in [5, 5.41) is 0. The average Bonchev–Trinajstić information content (AvgIpc) is 3.22. The molecule has 1 aliphatic rings. The van der Waals surface area contributed by atoms with Crippen LogP contribution < -0.4 is 33.8 Å². The minimum atomic E-state index is -0.854. The van der Waals surface area contributed by atoms with Crippen LogP contribution in [0.2, 0.25) is 0 Å². The predicted molar refractivity (Wildman–Crippen MR) is 152 cm³/mol. The standard InChI is InChI=1S/C28H27BrN2O8S/c1-7-38-27(34)24-14(2)30-28-31(25(24)17-12-21(36-5)22(37-6)13-18(17)29)26(33)23(40-28)11-16-8-9-19(39-15(3)32)20(10-16)35-4/h8-13,25H,7H2,1-6H3/b23-11-/t25-/m0/s1. The molecule has 0 saturated heterocycles. The highest BCUT2D eigenvalue weighted by Gasteiger charge is 2.35. The van der Waals surface area contributed by atoms with Crippen LogP contribution in [0.3, 0.4) is 0 Å². The Morgan fingerprint density at radius 2 is 1.70 bits per heavy atom. The van der Waals surface area contributed by atoms with E-state index in [1.807, 2.05) is 0 Å². The number of nitrogens with zero attached hydrogens (tertiary/aromatic N) is 2. The SMILES string of the molecule is CCOC(=O)C1=C(C)N=c2s/c(=C\c3ccc(OC(C)=O)c(OC)c3)c(=O)n2[C@H]1c1cc(OC)c(OC)cc1Br. The van der Waals surface area contributed by atoms with E-state index in [1.54, 1.807) is 50.3 Å². The molecule has 0 N–H and O–H groups in total. The first-order valence-electron chi connectivity index (χ1n) is 12.1. The van der Waals surface area contributed by atoms with Gasteiger partial charge in [0.05, 0.1) is 49.8 Å². The van der Waals surface area contributed by atoms with Crippen LogP contribution in [0.15, 0.2) is 55.9 Å². The largest absolute Gasteiger partial charge is 0.493 e. The number of carbonyl (C=O) groups excluding carboxylic acids is 2. The van der Waals surface area contributed by atoms with Crippen molar-refractivity contribution >= 4 is 45.3 Å². The van der Waals surface area contributed by atoms with Gasteiger partial charge in [-0.25, -0.2) is 9.79 Å². The van der Waals surface area contributed by atoms with Gasteiger partial charge in [0.25, 0.3) is 5.56 Å². The molecule has 40 heavy (non-hydrogen) atoms. The number of hydrogen-bond donors (Lipinski definition) is 0. The fraction of sp³-hybridized carbons (Fsp3) is 0.286. The third-order valence-electron chi connectivity index (χ3n) is 6.05. The number of ether oxygens (including phenoxy) is 5. The summed E-state index contributed by atoms with van der Waals surface area (Å²) in [6.07, 6.45) is 1.69. The Labute approximate surface area is 242 Å². The lowest BCUT2D eigenvalue weighted by Crippen LogP contribution is -2.40. The van der Waals surface area contributed by atoms with E-state index in [0.29, 0.717) is 47.9 Å². The molecule has 0 amide bonds. The molecule has 2 heterocycles. The van der Waals surface area contributed by atoms with E-state index in [4.69, 9.17) is 23.7 Å². The van der Waals surface area contributed by atoms with E-state index in [0.717, 1.165) is 0 Å². The van der Waals surface area contributed by atoms with E-state index in [-0.39, 0.29) is 23.5 Å². The Bertz CT molecular complexity index is 1710. The summed E-state index contributed by atoms with van der Waals surface area (Å²) in [4.78, 5) is 43.6. The molecule has 210 valence electrons. The number of halogens is 1. The molecule has 10 nitrogen and oxygen atoms in total. The maximum absolute atomic E-state index is 13.9. The molecule has 0 unspecified atom stereocenters. The second-order valence-corrected chi connectivity index (χ2v) is 10.4. The summed E-state index contributed by atoms with van der Waals surface area (Å²) in [5.41, 5.74) is 1.55. The van der Waals surface area contributed by atoms with Crippen molar-refractivity contribution in [2.75, 3.05) is 27.9 Å². The zero-order valence-corrected chi connectivity index (χ0v) is 25.1. The number of fused-ring (bicyclic) bond motifs is 1. The Morgan fingerprint density at radius 3 is 2.33 bits per heavy atom. The summed E-state index contributed by atoms with van der Waals surface area (Å²) in [5.74, 6) is 0.464. The zero-order chi connectivity index (χ0) is 29.1. The Hall–Kier alpha value is -3.90. The number of allylic oxidation sites excluding steroid dienone is 1. The molecule has 0 saturated carbocycles. The van der Waals surface area contributed by atoms with Gasteiger partial charge in [-0.3, -0.25) is 14.2 Å². The van der Waals surface area contributed by atoms with Crippen molar-refractivity contribution in [3.63, 3.8) is 0 Å². The molecule has 1 aliphatic heterocycles. The zero-order valence-electron chi connectivity index (χ0n) is 22.7. The van der Waals surface area contributed by atoms with Crippen LogP contribution in [0, 0.1) is 0 Å². The summed E-state index contributed by atoms with van der Waals surface area (Å²) in [6.45, 7) is 4.88. The molecule has 1 atom stereocenters. The Kier molecular flexibility index (Phi) is 8.79. The monoisotopic (exact) mass is 630 g/mol. The molecular weight excluding hydrogens is 604 g/mol. The van der Waals surface area contributed by atoms with Gasteiger partial charge < -0.3 is 23.7 Å². The lowest BCUT2D eigenvalue weighted by Gasteiger charge is -2.26. The second kappa shape index (κ2) is 12.1. The first-order valence-corrected chi connectivity index (χ1v) is 13.7. The molecule has 0 spiro atoms. The Balaban J connectivity index is 1.95. The minimum Gasteiger partial charge on any atom is -0.493 e. The van der Waals surface area contributed by atoms with Crippen molar-refractivity contribution in [1.29, 1.82) is 0 Å². The van der Waals surface area contributed by atoms with Crippen molar-refractivity contribution in [2.24, 2.45) is 4.99 Å². The van der Waals surface area contributed by atoms with Crippen LogP contribution in [0.25, 0.3) is 6.08 Å². The summed E-state index contributed by atoms with van der Waals surface area (Å²) >= 11 is 4.77. The van der Waals surface area contributed by atoms with Crippen molar-refractivity contribution in [2.45, 2.75) is 26.8 Å². The number of aromatic nitrogens is 1. The summed E-state index contributed by atoms with van der Waals surface area (Å²) in [6, 6.07) is 7.55. The van der Waals surface area contributed by atoms with Gasteiger partial charge in [0.1, 0.15) is 0 Å². The first-order chi connectivity index (χ1) is 19.1. The number of methoxy groups -OCH3 is 3. The lowest BCUT2D eigenvalue weighted by molar-refractivity contribution is -0.139. The fourth-order valence-electron chi connectivity index (χ4n) is 4.33. The summed E-state index contributed by atoms with van der Waals surface area (Å²) in [7, 11) is 4.49. The van der Waals surface area contributed by atoms with Gasteiger partial charge >= 0.3 is 11.9 Å². The normalized spacial score (nSPS) is 14.8. The van der Waals surface area contributed by atoms with Crippen LogP contribution in [0.1, 0.15) is 37.9 Å². The van der Waals surface area contributed by atoms with Crippen molar-refractivity contribution in [1.82, 2.24) is 4.57 Å². The number of esters is 2. The van der Waals surface area contributed by atoms with Crippen LogP contribution in [-0.4, -0.2) is 44.4 Å². The van der Waals surface area contributed by atoms with Gasteiger partial charge in [-0.2, -0.15) is 0 Å². The maximum Gasteiger partial charge on any atom is 0.338 e. The molecule has 12 heteroatoms. The van der Waals surface area contributed by atoms with E-state index >= 15 is 0 Å². The van der Waals surface area contributed by atoms with Crippen molar-refractivity contribution < 1.29 is 33.3 Å². The van der Waals surface area contributed by atoms with Crippen molar-refractivity contribution in [3.05, 3.63) is 76.9 Å². The number of thiazole rings is 1. The third kappa shape index (κ3) is 5.54. The van der Waals surface area contributed by atoms with Crippen LogP contribution >= 0.6 is 27.3 Å². The smallest absolute Gasteiger partial charge is 0.338 e. The van der Waals surface area contributed by atoms with Gasteiger partial charge in [0, 0.05) is 11.4 Å². The highest BCUT2D eigenvalue weighted by Crippen LogP contribution is 2.40. The molecule has 4 rings (SSSR count). The molecule has 0 fully saturated rings. The van der Waals surface area contributed by atoms with E-state index in [9.17, 15) is 14.4 Å². The molecule has 0 radical (unpaired) electrons. The number of benzene rings is 2. The van der Waals surface area contributed by atoms with Gasteiger partial charge in [-0.1, -0.05) is 33.3 Å². The van der Waals surface area contributed by atoms with Crippen LogP contribution in [-0.2, 0) is 14.3 Å². The molecule has 2 aromatic carbocycles. The Morgan fingerprint density at radius 1 is 1.05 bits per heavy atom. The molecule has 0 bridgehead atoms. The van der Waals surface area contributed by atoms with Crippen molar-refractivity contribution in [3.8, 4) is 23.0 Å². The average molecular weight is 632 g/mol. The lowest BCUT2D eigenvalue weighted by atomic mass is 9.95.